The smallest absolute Gasteiger partial charge is 0.272 e. The van der Waals surface area contributed by atoms with Crippen LogP contribution in [0.25, 0.3) is 0 Å². The lowest BCUT2D eigenvalue weighted by Gasteiger charge is -2.39. The number of methoxy groups -OCH3 is 1. The van der Waals surface area contributed by atoms with Crippen LogP contribution in [-0.4, -0.2) is 75.5 Å². The number of ether oxygens (including phenoxy) is 5. The van der Waals surface area contributed by atoms with Gasteiger partial charge in [-0.05, 0) is 46.6 Å². The summed E-state index contributed by atoms with van der Waals surface area (Å²) in [5, 5.41) is 2.68. The number of benzene rings is 1. The minimum absolute atomic E-state index is 0.146. The van der Waals surface area contributed by atoms with Crippen molar-refractivity contribution in [1.82, 2.24) is 5.32 Å². The molecule has 0 radical (unpaired) electrons. The van der Waals surface area contributed by atoms with Crippen LogP contribution in [0.5, 0.6) is 0 Å². The van der Waals surface area contributed by atoms with Crippen molar-refractivity contribution >= 4 is 16.0 Å². The second-order valence-corrected chi connectivity index (χ2v) is 12.6. The zero-order valence-corrected chi connectivity index (χ0v) is 21.7. The number of carbonyl (C=O) groups is 1. The van der Waals surface area contributed by atoms with Crippen LogP contribution in [0.1, 0.15) is 40.2 Å². The topological polar surface area (TPSA) is 119 Å². The van der Waals surface area contributed by atoms with E-state index in [1.807, 2.05) is 30.3 Å². The predicted octanol–water partition coefficient (Wildman–Crippen LogP) is 1.72. The maximum absolute atomic E-state index is 13.2. The van der Waals surface area contributed by atoms with E-state index in [4.69, 9.17) is 27.9 Å². The molecule has 1 N–H and O–H groups in total. The second-order valence-electron chi connectivity index (χ2n) is 10.3. The first kappa shape index (κ1) is 26.5. The highest BCUT2D eigenvalue weighted by Gasteiger charge is 2.58. The van der Waals surface area contributed by atoms with Gasteiger partial charge in [0.2, 0.25) is 5.91 Å². The number of fused-ring (bicyclic) bond motifs is 1. The van der Waals surface area contributed by atoms with Crippen molar-refractivity contribution < 1.29 is 41.1 Å². The average Bonchev–Trinajstić information content (AvgIpc) is 3.26. The average molecular weight is 514 g/mol. The summed E-state index contributed by atoms with van der Waals surface area (Å²) in [7, 11) is -2.50. The number of rotatable bonds is 10. The molecule has 0 aromatic heterocycles. The molecule has 1 aromatic carbocycles. The fourth-order valence-corrected chi connectivity index (χ4v) is 5.53. The molecule has 0 unspecified atom stereocenters. The first-order valence-electron chi connectivity index (χ1n) is 11.8. The Morgan fingerprint density at radius 2 is 1.86 bits per heavy atom. The Kier molecular flexibility index (Phi) is 7.33. The van der Waals surface area contributed by atoms with Crippen molar-refractivity contribution in [3.05, 3.63) is 35.9 Å². The summed E-state index contributed by atoms with van der Waals surface area (Å²) in [4.78, 5) is 11.7. The summed E-state index contributed by atoms with van der Waals surface area (Å²) in [5.41, 5.74) is 0.881. The highest BCUT2D eigenvalue weighted by Crippen LogP contribution is 2.40. The SMILES string of the molecule is CO[C@@H]1[C@H]2OC(C)(C)O[C@H]2O[C@@H]1[C@@H](COS(=O)(=O)C(C)(C)Cc1ccccc1)O[C@@H]1NC(=O)[C@@H]1C. The number of hydrogen-bond acceptors (Lipinski definition) is 9. The molecule has 0 spiro atoms. The third kappa shape index (κ3) is 5.41. The molecule has 10 nitrogen and oxygen atoms in total. The minimum atomic E-state index is -4.02. The molecular formula is C24H35NO9S. The molecule has 3 fully saturated rings. The molecule has 0 aliphatic carbocycles. The normalized spacial score (nSPS) is 33.1. The van der Waals surface area contributed by atoms with Crippen molar-refractivity contribution in [1.29, 1.82) is 0 Å². The van der Waals surface area contributed by atoms with Gasteiger partial charge in [0.25, 0.3) is 10.1 Å². The van der Waals surface area contributed by atoms with Gasteiger partial charge in [-0.2, -0.15) is 8.42 Å². The maximum atomic E-state index is 13.2. The van der Waals surface area contributed by atoms with Gasteiger partial charge < -0.3 is 29.0 Å². The maximum Gasteiger partial charge on any atom is 0.272 e. The number of hydrogen-bond donors (Lipinski definition) is 1. The third-order valence-electron chi connectivity index (χ3n) is 6.68. The lowest BCUT2D eigenvalue weighted by molar-refractivity contribution is -0.241. The Morgan fingerprint density at radius 1 is 1.17 bits per heavy atom. The van der Waals surface area contributed by atoms with Gasteiger partial charge in [-0.3, -0.25) is 8.98 Å². The number of amides is 1. The summed E-state index contributed by atoms with van der Waals surface area (Å²) in [5.74, 6) is -1.38. The van der Waals surface area contributed by atoms with Crippen LogP contribution < -0.4 is 5.32 Å². The number of nitrogens with one attached hydrogen (secondary N) is 1. The lowest BCUT2D eigenvalue weighted by atomic mass is 10.0. The van der Waals surface area contributed by atoms with E-state index in [-0.39, 0.29) is 18.9 Å². The van der Waals surface area contributed by atoms with Gasteiger partial charge >= 0.3 is 0 Å². The number of β-lactam (4-membered cyclic amide) rings is 1. The van der Waals surface area contributed by atoms with Crippen LogP contribution in [0.3, 0.4) is 0 Å². The molecular weight excluding hydrogens is 478 g/mol. The molecule has 4 rings (SSSR count). The van der Waals surface area contributed by atoms with Gasteiger partial charge in [0.15, 0.2) is 12.1 Å². The first-order valence-corrected chi connectivity index (χ1v) is 13.2. The fraction of sp³-hybridized carbons (Fsp3) is 0.708. The van der Waals surface area contributed by atoms with Crippen molar-refractivity contribution in [2.75, 3.05) is 13.7 Å². The van der Waals surface area contributed by atoms with Crippen LogP contribution in [0.15, 0.2) is 30.3 Å². The highest BCUT2D eigenvalue weighted by atomic mass is 32.2. The third-order valence-corrected chi connectivity index (χ3v) is 8.62. The molecule has 3 aliphatic rings. The molecule has 11 heteroatoms. The monoisotopic (exact) mass is 513 g/mol. The molecule has 196 valence electrons. The van der Waals surface area contributed by atoms with Crippen LogP contribution >= 0.6 is 0 Å². The predicted molar refractivity (Wildman–Crippen MR) is 125 cm³/mol. The van der Waals surface area contributed by atoms with Crippen molar-refractivity contribution in [2.45, 2.75) is 88.5 Å². The molecule has 1 amide bonds. The molecule has 3 heterocycles. The molecule has 1 aromatic rings. The van der Waals surface area contributed by atoms with E-state index < -0.39 is 63.5 Å². The zero-order valence-electron chi connectivity index (χ0n) is 20.9. The Morgan fingerprint density at radius 3 is 2.46 bits per heavy atom. The van der Waals surface area contributed by atoms with E-state index in [0.717, 1.165) is 5.56 Å². The van der Waals surface area contributed by atoms with E-state index in [1.165, 1.54) is 7.11 Å². The standard InChI is InChI=1S/C24H35NO9S/c1-14-20(26)25-21(14)31-16(17-18(29-6)19-22(32-17)34-24(4,5)33-19)13-30-35(27,28)23(2,3)12-15-10-8-7-9-11-15/h7-11,14,16-19,21-22H,12-13H2,1-6H3,(H,25,26)/t14-,16+,17+,18-,19+,21-,22+/m0/s1. The van der Waals surface area contributed by atoms with Gasteiger partial charge in [0.1, 0.15) is 30.6 Å². The van der Waals surface area contributed by atoms with Crippen LogP contribution in [-0.2, 0) is 49.2 Å². The number of carbonyl (C=O) groups excluding carboxylic acids is 1. The quantitative estimate of drug-likeness (QED) is 0.368. The summed E-state index contributed by atoms with van der Waals surface area (Å²) in [6.07, 6.45) is -3.77. The highest BCUT2D eigenvalue weighted by molar-refractivity contribution is 7.88. The Balaban J connectivity index is 1.50. The minimum Gasteiger partial charge on any atom is -0.376 e. The zero-order chi connectivity index (χ0) is 25.6. The molecule has 3 saturated heterocycles. The van der Waals surface area contributed by atoms with E-state index in [1.54, 1.807) is 34.6 Å². The molecule has 7 atom stereocenters. The van der Waals surface area contributed by atoms with Crippen molar-refractivity contribution in [2.24, 2.45) is 5.92 Å². The Labute approximate surface area is 206 Å². The molecule has 35 heavy (non-hydrogen) atoms. The molecule has 3 aliphatic heterocycles. The fourth-order valence-electron chi connectivity index (χ4n) is 4.55. The van der Waals surface area contributed by atoms with Crippen LogP contribution in [0.4, 0.5) is 0 Å². The van der Waals surface area contributed by atoms with Gasteiger partial charge in [0, 0.05) is 7.11 Å². The second kappa shape index (κ2) is 9.70. The van der Waals surface area contributed by atoms with Crippen LogP contribution in [0, 0.1) is 5.92 Å². The molecule has 0 saturated carbocycles. The summed E-state index contributed by atoms with van der Waals surface area (Å²) in [6, 6.07) is 9.35. The van der Waals surface area contributed by atoms with Gasteiger partial charge in [-0.15, -0.1) is 0 Å². The summed E-state index contributed by atoms with van der Waals surface area (Å²) in [6.45, 7) is 8.21. The lowest BCUT2D eigenvalue weighted by Crippen LogP contribution is -2.61. The van der Waals surface area contributed by atoms with Crippen molar-refractivity contribution in [3.63, 3.8) is 0 Å². The largest absolute Gasteiger partial charge is 0.376 e. The summed E-state index contributed by atoms with van der Waals surface area (Å²) >= 11 is 0. The van der Waals surface area contributed by atoms with Crippen molar-refractivity contribution in [3.8, 4) is 0 Å². The van der Waals surface area contributed by atoms with E-state index in [0.29, 0.717) is 0 Å². The van der Waals surface area contributed by atoms with E-state index >= 15 is 0 Å². The van der Waals surface area contributed by atoms with Gasteiger partial charge in [0.05, 0.1) is 17.3 Å². The Hall–Kier alpha value is -1.60. The van der Waals surface area contributed by atoms with E-state index in [9.17, 15) is 13.2 Å². The summed E-state index contributed by atoms with van der Waals surface area (Å²) < 4.78 is 60.4. The first-order chi connectivity index (χ1) is 16.3. The Bertz CT molecular complexity index is 1010. The van der Waals surface area contributed by atoms with Gasteiger partial charge in [-0.25, -0.2) is 0 Å². The van der Waals surface area contributed by atoms with E-state index in [2.05, 4.69) is 5.32 Å². The van der Waals surface area contributed by atoms with Gasteiger partial charge in [-0.1, -0.05) is 30.3 Å². The molecule has 0 bridgehead atoms. The van der Waals surface area contributed by atoms with Crippen LogP contribution in [0.2, 0.25) is 0 Å².